The lowest BCUT2D eigenvalue weighted by molar-refractivity contribution is -0.136. The maximum absolute atomic E-state index is 13.6. The molecule has 1 saturated heterocycles. The van der Waals surface area contributed by atoms with Gasteiger partial charge in [0.05, 0.1) is 18.5 Å². The maximum Gasteiger partial charge on any atom is 0.253 e. The summed E-state index contributed by atoms with van der Waals surface area (Å²) in [6.07, 6.45) is 6.58. The van der Waals surface area contributed by atoms with Crippen molar-refractivity contribution < 1.29 is 14.3 Å². The Morgan fingerprint density at radius 3 is 2.69 bits per heavy atom. The summed E-state index contributed by atoms with van der Waals surface area (Å²) in [4.78, 5) is 39.1. The monoisotopic (exact) mass is 473 g/mol. The molecule has 0 saturated carbocycles. The van der Waals surface area contributed by atoms with Crippen molar-refractivity contribution in [1.29, 1.82) is 0 Å². The summed E-state index contributed by atoms with van der Waals surface area (Å²) in [5.41, 5.74) is 2.11. The number of nitrogens with zero attached hydrogens (tertiary/aromatic N) is 4. The lowest BCUT2D eigenvalue weighted by atomic mass is 9.75. The number of carbonyl (C=O) groups is 2. The molecule has 0 bridgehead atoms. The van der Waals surface area contributed by atoms with Crippen LogP contribution in [0, 0.1) is 0 Å². The maximum atomic E-state index is 13.6. The molecule has 0 aliphatic carbocycles. The number of ether oxygens (including phenoxy) is 1. The zero-order chi connectivity index (χ0) is 24.8. The first-order chi connectivity index (χ1) is 16.9. The summed E-state index contributed by atoms with van der Waals surface area (Å²) in [6.45, 7) is 1.41. The van der Waals surface area contributed by atoms with E-state index in [9.17, 15) is 9.59 Å². The van der Waals surface area contributed by atoms with Crippen molar-refractivity contribution in [1.82, 2.24) is 19.8 Å². The second-order valence-corrected chi connectivity index (χ2v) is 8.96. The van der Waals surface area contributed by atoms with Gasteiger partial charge in [-0.3, -0.25) is 19.6 Å². The first-order valence-corrected chi connectivity index (χ1v) is 11.7. The second-order valence-electron chi connectivity index (χ2n) is 8.96. The van der Waals surface area contributed by atoms with Crippen LogP contribution in [-0.2, 0) is 16.8 Å². The van der Waals surface area contributed by atoms with Crippen molar-refractivity contribution in [2.24, 2.45) is 0 Å². The number of pyridine rings is 2. The predicted molar refractivity (Wildman–Crippen MR) is 134 cm³/mol. The molecule has 2 aromatic heterocycles. The van der Waals surface area contributed by atoms with Gasteiger partial charge < -0.3 is 19.9 Å². The SMILES string of the molecule is COc1ccc(C(=O)N2CCCC(C(=O)N(C)C)(c3ccccn3)C2)cc1NCc1cccnc1. The Bertz CT molecular complexity index is 1170. The number of rotatable bonds is 7. The van der Waals surface area contributed by atoms with Crippen LogP contribution < -0.4 is 10.1 Å². The molecule has 1 N–H and O–H groups in total. The quantitative estimate of drug-likeness (QED) is 0.566. The highest BCUT2D eigenvalue weighted by Gasteiger charge is 2.47. The molecule has 1 aliphatic heterocycles. The number of piperidine rings is 1. The molecule has 1 unspecified atom stereocenters. The van der Waals surface area contributed by atoms with E-state index in [2.05, 4.69) is 15.3 Å². The third kappa shape index (κ3) is 5.11. The normalized spacial score (nSPS) is 17.5. The third-order valence-corrected chi connectivity index (χ3v) is 6.40. The number of hydrogen-bond donors (Lipinski definition) is 1. The highest BCUT2D eigenvalue weighted by molar-refractivity contribution is 5.97. The van der Waals surface area contributed by atoms with Crippen LogP contribution in [0.4, 0.5) is 5.69 Å². The van der Waals surface area contributed by atoms with E-state index in [0.717, 1.165) is 11.3 Å². The van der Waals surface area contributed by atoms with Gasteiger partial charge in [-0.1, -0.05) is 12.1 Å². The van der Waals surface area contributed by atoms with Crippen LogP contribution in [0.2, 0.25) is 0 Å². The molecule has 3 heterocycles. The molecule has 0 spiro atoms. The molecule has 1 atom stereocenters. The van der Waals surface area contributed by atoms with E-state index in [1.165, 1.54) is 0 Å². The Kier molecular flexibility index (Phi) is 7.29. The summed E-state index contributed by atoms with van der Waals surface area (Å²) < 4.78 is 5.50. The first kappa shape index (κ1) is 24.2. The number of methoxy groups -OCH3 is 1. The third-order valence-electron chi connectivity index (χ3n) is 6.40. The van der Waals surface area contributed by atoms with Gasteiger partial charge in [0.1, 0.15) is 11.2 Å². The van der Waals surface area contributed by atoms with Crippen molar-refractivity contribution in [3.8, 4) is 5.75 Å². The lowest BCUT2D eigenvalue weighted by Gasteiger charge is -2.42. The number of likely N-dealkylation sites (tertiary alicyclic amines) is 1. The van der Waals surface area contributed by atoms with Gasteiger partial charge >= 0.3 is 0 Å². The fourth-order valence-electron chi connectivity index (χ4n) is 4.66. The van der Waals surface area contributed by atoms with E-state index in [1.54, 1.807) is 61.7 Å². The van der Waals surface area contributed by atoms with Gasteiger partial charge in [0, 0.05) is 57.9 Å². The van der Waals surface area contributed by atoms with Crippen molar-refractivity contribution in [3.63, 3.8) is 0 Å². The van der Waals surface area contributed by atoms with Crippen molar-refractivity contribution in [3.05, 3.63) is 83.9 Å². The molecular formula is C27H31N5O3. The van der Waals surface area contributed by atoms with Crippen LogP contribution >= 0.6 is 0 Å². The molecule has 4 rings (SSSR count). The molecule has 35 heavy (non-hydrogen) atoms. The van der Waals surface area contributed by atoms with Gasteiger partial charge in [-0.05, 0) is 54.8 Å². The number of carbonyl (C=O) groups excluding carboxylic acids is 2. The number of hydrogen-bond acceptors (Lipinski definition) is 6. The summed E-state index contributed by atoms with van der Waals surface area (Å²) in [7, 11) is 5.10. The topological polar surface area (TPSA) is 87.7 Å². The Hall–Kier alpha value is -3.94. The average Bonchev–Trinajstić information content (AvgIpc) is 2.91. The summed E-state index contributed by atoms with van der Waals surface area (Å²) >= 11 is 0. The van der Waals surface area contributed by atoms with Crippen LogP contribution in [0.3, 0.4) is 0 Å². The molecule has 2 amide bonds. The van der Waals surface area contributed by atoms with Crippen LogP contribution in [0.15, 0.2) is 67.1 Å². The predicted octanol–water partition coefficient (Wildman–Crippen LogP) is 3.36. The highest BCUT2D eigenvalue weighted by Crippen LogP contribution is 2.36. The lowest BCUT2D eigenvalue weighted by Crippen LogP contribution is -2.56. The van der Waals surface area contributed by atoms with E-state index in [0.29, 0.717) is 42.9 Å². The minimum absolute atomic E-state index is 0.0396. The van der Waals surface area contributed by atoms with E-state index in [4.69, 9.17) is 4.74 Å². The van der Waals surface area contributed by atoms with Gasteiger partial charge in [0.2, 0.25) is 5.91 Å². The second kappa shape index (κ2) is 10.5. The molecule has 8 heteroatoms. The number of nitrogens with one attached hydrogen (secondary N) is 1. The smallest absolute Gasteiger partial charge is 0.253 e. The molecular weight excluding hydrogens is 442 g/mol. The van der Waals surface area contributed by atoms with Gasteiger partial charge in [0.25, 0.3) is 5.91 Å². The Morgan fingerprint density at radius 1 is 1.14 bits per heavy atom. The summed E-state index contributed by atoms with van der Waals surface area (Å²) in [5, 5.41) is 3.35. The molecule has 1 fully saturated rings. The number of aromatic nitrogens is 2. The van der Waals surface area contributed by atoms with Crippen molar-refractivity contribution in [2.45, 2.75) is 24.8 Å². The van der Waals surface area contributed by atoms with Gasteiger partial charge in [0.15, 0.2) is 0 Å². The van der Waals surface area contributed by atoms with Crippen LogP contribution in [0.1, 0.15) is 34.5 Å². The molecule has 1 aliphatic rings. The molecule has 0 radical (unpaired) electrons. The van der Waals surface area contributed by atoms with Crippen LogP contribution in [0.5, 0.6) is 5.75 Å². The standard InChI is InChI=1S/C27H31N5O3/c1-31(2)26(34)27(24-9-4-5-14-29-24)12-7-15-32(19-27)25(33)21-10-11-23(35-3)22(16-21)30-18-20-8-6-13-28-17-20/h4-6,8-11,13-14,16-17,30H,7,12,15,18-19H2,1-3H3. The molecule has 1 aromatic carbocycles. The van der Waals surface area contributed by atoms with Crippen molar-refractivity contribution >= 4 is 17.5 Å². The van der Waals surface area contributed by atoms with Gasteiger partial charge in [-0.15, -0.1) is 0 Å². The zero-order valence-electron chi connectivity index (χ0n) is 20.4. The zero-order valence-corrected chi connectivity index (χ0v) is 20.4. The number of amides is 2. The fraction of sp³-hybridized carbons (Fsp3) is 0.333. The van der Waals surface area contributed by atoms with Crippen LogP contribution in [0.25, 0.3) is 0 Å². The number of anilines is 1. The highest BCUT2D eigenvalue weighted by atomic mass is 16.5. The van der Waals surface area contributed by atoms with E-state index < -0.39 is 5.41 Å². The van der Waals surface area contributed by atoms with Crippen LogP contribution in [-0.4, -0.2) is 65.9 Å². The average molecular weight is 474 g/mol. The van der Waals surface area contributed by atoms with E-state index in [1.807, 2.05) is 36.4 Å². The van der Waals surface area contributed by atoms with Gasteiger partial charge in [-0.25, -0.2) is 0 Å². The van der Waals surface area contributed by atoms with E-state index >= 15 is 0 Å². The minimum Gasteiger partial charge on any atom is -0.495 e. The number of benzene rings is 1. The van der Waals surface area contributed by atoms with Crippen molar-refractivity contribution in [2.75, 3.05) is 39.6 Å². The number of likely N-dealkylation sites (N-methyl/N-ethyl adjacent to an activating group) is 1. The summed E-state index contributed by atoms with van der Waals surface area (Å²) in [5.74, 6) is 0.487. The van der Waals surface area contributed by atoms with E-state index in [-0.39, 0.29) is 18.4 Å². The molecule has 8 nitrogen and oxygen atoms in total. The minimum atomic E-state index is -0.869. The Balaban J connectivity index is 1.60. The molecule has 3 aromatic rings. The summed E-state index contributed by atoms with van der Waals surface area (Å²) in [6, 6.07) is 14.8. The first-order valence-electron chi connectivity index (χ1n) is 11.7. The van der Waals surface area contributed by atoms with Gasteiger partial charge in [-0.2, -0.15) is 0 Å². The Morgan fingerprint density at radius 2 is 2.00 bits per heavy atom. The fourth-order valence-corrected chi connectivity index (χ4v) is 4.66. The molecule has 182 valence electrons. The largest absolute Gasteiger partial charge is 0.495 e. The Labute approximate surface area is 205 Å².